The lowest BCUT2D eigenvalue weighted by Crippen LogP contribution is -2.27. The molecule has 2 amide bonds. The van der Waals surface area contributed by atoms with Crippen molar-refractivity contribution in [3.05, 3.63) is 66.2 Å². The number of amides is 2. The van der Waals surface area contributed by atoms with Gasteiger partial charge in [0, 0.05) is 25.2 Å². The van der Waals surface area contributed by atoms with Crippen molar-refractivity contribution in [1.29, 1.82) is 0 Å². The smallest absolute Gasteiger partial charge is 0.261 e. The lowest BCUT2D eigenvalue weighted by Gasteiger charge is -2.17. The summed E-state index contributed by atoms with van der Waals surface area (Å²) in [6.07, 6.45) is 2.54. The molecule has 0 unspecified atom stereocenters. The summed E-state index contributed by atoms with van der Waals surface area (Å²) in [5.74, 6) is -0.386. The standard InChI is InChI=1S/C21H23N3O4S/c1-3-12-22-21(26)17-7-5-6-8-18(17)23-29(27,28)16-9-10-19-15(14-16)11-13-24(19)20(25)4-2/h3,5-10,14,23H,1,4,11-13H2,2H3,(H,22,26). The van der Waals surface area contributed by atoms with Crippen LogP contribution in [0.3, 0.4) is 0 Å². The van der Waals surface area contributed by atoms with Crippen LogP contribution in [0.5, 0.6) is 0 Å². The monoisotopic (exact) mass is 413 g/mol. The molecule has 0 radical (unpaired) electrons. The van der Waals surface area contributed by atoms with E-state index in [9.17, 15) is 18.0 Å². The van der Waals surface area contributed by atoms with E-state index >= 15 is 0 Å². The Balaban J connectivity index is 1.88. The number of hydrogen-bond donors (Lipinski definition) is 2. The van der Waals surface area contributed by atoms with E-state index in [1.807, 2.05) is 0 Å². The molecule has 2 aromatic carbocycles. The number of carbonyl (C=O) groups excluding carboxylic acids is 2. The number of fused-ring (bicyclic) bond motifs is 1. The van der Waals surface area contributed by atoms with E-state index in [2.05, 4.69) is 16.6 Å². The van der Waals surface area contributed by atoms with Gasteiger partial charge in [0.2, 0.25) is 5.91 Å². The van der Waals surface area contributed by atoms with Crippen LogP contribution in [-0.4, -0.2) is 33.3 Å². The number of para-hydroxylation sites is 1. The molecule has 0 saturated heterocycles. The van der Waals surface area contributed by atoms with Crippen LogP contribution in [-0.2, 0) is 21.2 Å². The molecule has 8 heteroatoms. The van der Waals surface area contributed by atoms with Gasteiger partial charge in [-0.05, 0) is 42.3 Å². The quantitative estimate of drug-likeness (QED) is 0.682. The predicted octanol–water partition coefficient (Wildman–Crippen LogP) is 2.70. The zero-order valence-corrected chi connectivity index (χ0v) is 17.0. The number of nitrogens with one attached hydrogen (secondary N) is 2. The molecule has 152 valence electrons. The second kappa shape index (κ2) is 8.48. The van der Waals surface area contributed by atoms with Crippen LogP contribution in [0.1, 0.15) is 29.3 Å². The van der Waals surface area contributed by atoms with Gasteiger partial charge >= 0.3 is 0 Å². The van der Waals surface area contributed by atoms with Gasteiger partial charge in [-0.3, -0.25) is 14.3 Å². The third-order valence-corrected chi connectivity index (χ3v) is 6.05. The number of carbonyl (C=O) groups is 2. The van der Waals surface area contributed by atoms with Gasteiger partial charge in [0.05, 0.1) is 16.1 Å². The first kappa shape index (κ1) is 20.6. The van der Waals surface area contributed by atoms with Gasteiger partial charge in [0.1, 0.15) is 0 Å². The molecule has 1 aliphatic rings. The average Bonchev–Trinajstić information content (AvgIpc) is 3.15. The molecule has 2 aromatic rings. The minimum atomic E-state index is -3.91. The molecule has 7 nitrogen and oxygen atoms in total. The third-order valence-electron chi connectivity index (χ3n) is 4.68. The summed E-state index contributed by atoms with van der Waals surface area (Å²) in [5, 5.41) is 2.64. The molecule has 0 fully saturated rings. The van der Waals surface area contributed by atoms with E-state index in [4.69, 9.17) is 0 Å². The van der Waals surface area contributed by atoms with Crippen molar-refractivity contribution >= 4 is 33.2 Å². The van der Waals surface area contributed by atoms with E-state index in [0.717, 1.165) is 11.3 Å². The minimum Gasteiger partial charge on any atom is -0.349 e. The summed E-state index contributed by atoms with van der Waals surface area (Å²) in [6, 6.07) is 11.1. The number of anilines is 2. The Morgan fingerprint density at radius 3 is 2.69 bits per heavy atom. The van der Waals surface area contributed by atoms with Crippen molar-refractivity contribution < 1.29 is 18.0 Å². The molecule has 1 aliphatic heterocycles. The summed E-state index contributed by atoms with van der Waals surface area (Å²) >= 11 is 0. The Hall–Kier alpha value is -3.13. The van der Waals surface area contributed by atoms with Crippen LogP contribution in [0.25, 0.3) is 0 Å². The van der Waals surface area contributed by atoms with Crippen molar-refractivity contribution in [2.75, 3.05) is 22.7 Å². The first-order valence-electron chi connectivity index (χ1n) is 9.31. The van der Waals surface area contributed by atoms with Gasteiger partial charge in [-0.1, -0.05) is 25.1 Å². The maximum Gasteiger partial charge on any atom is 0.261 e. The summed E-state index contributed by atoms with van der Waals surface area (Å²) in [7, 11) is -3.91. The summed E-state index contributed by atoms with van der Waals surface area (Å²) in [6.45, 7) is 6.17. The van der Waals surface area contributed by atoms with Crippen molar-refractivity contribution in [2.45, 2.75) is 24.7 Å². The molecular formula is C21H23N3O4S. The van der Waals surface area contributed by atoms with E-state index in [-0.39, 0.29) is 28.6 Å². The largest absolute Gasteiger partial charge is 0.349 e. The van der Waals surface area contributed by atoms with Gasteiger partial charge in [-0.15, -0.1) is 6.58 Å². The molecule has 2 N–H and O–H groups in total. The number of sulfonamides is 1. The molecule has 0 aromatic heterocycles. The van der Waals surface area contributed by atoms with Crippen molar-refractivity contribution in [3.63, 3.8) is 0 Å². The molecule has 0 bridgehead atoms. The maximum absolute atomic E-state index is 12.9. The van der Waals surface area contributed by atoms with Gasteiger partial charge in [-0.2, -0.15) is 0 Å². The molecule has 3 rings (SSSR count). The average molecular weight is 413 g/mol. The molecule has 0 aliphatic carbocycles. The van der Waals surface area contributed by atoms with Gasteiger partial charge in [-0.25, -0.2) is 8.42 Å². The van der Waals surface area contributed by atoms with Crippen molar-refractivity contribution in [3.8, 4) is 0 Å². The molecule has 0 spiro atoms. The zero-order chi connectivity index (χ0) is 21.0. The highest BCUT2D eigenvalue weighted by Crippen LogP contribution is 2.31. The Morgan fingerprint density at radius 2 is 1.97 bits per heavy atom. The normalized spacial score (nSPS) is 12.9. The Bertz CT molecular complexity index is 1060. The first-order chi connectivity index (χ1) is 13.9. The molecule has 29 heavy (non-hydrogen) atoms. The van der Waals surface area contributed by atoms with Crippen LogP contribution in [0.15, 0.2) is 60.0 Å². The SMILES string of the molecule is C=CCNC(=O)c1ccccc1NS(=O)(=O)c1ccc2c(c1)CCN2C(=O)CC. The fourth-order valence-electron chi connectivity index (χ4n) is 3.23. The highest BCUT2D eigenvalue weighted by atomic mass is 32.2. The number of nitrogens with zero attached hydrogens (tertiary/aromatic N) is 1. The lowest BCUT2D eigenvalue weighted by atomic mass is 10.1. The molecule has 0 atom stereocenters. The van der Waals surface area contributed by atoms with Gasteiger partial charge in [0.25, 0.3) is 15.9 Å². The van der Waals surface area contributed by atoms with Crippen molar-refractivity contribution in [2.24, 2.45) is 0 Å². The minimum absolute atomic E-state index is 0.0111. The van der Waals surface area contributed by atoms with Gasteiger partial charge < -0.3 is 10.2 Å². The van der Waals surface area contributed by atoms with Crippen LogP contribution in [0.2, 0.25) is 0 Å². The van der Waals surface area contributed by atoms with E-state index in [1.54, 1.807) is 48.2 Å². The zero-order valence-electron chi connectivity index (χ0n) is 16.1. The second-order valence-corrected chi connectivity index (χ2v) is 8.27. The lowest BCUT2D eigenvalue weighted by molar-refractivity contribution is -0.118. The van der Waals surface area contributed by atoms with Crippen LogP contribution in [0, 0.1) is 0 Å². The van der Waals surface area contributed by atoms with Gasteiger partial charge in [0.15, 0.2) is 0 Å². The molecule has 0 saturated carbocycles. The van der Waals surface area contributed by atoms with Crippen molar-refractivity contribution in [1.82, 2.24) is 5.32 Å². The number of rotatable bonds is 7. The fraction of sp³-hybridized carbons (Fsp3) is 0.238. The highest BCUT2D eigenvalue weighted by Gasteiger charge is 2.26. The fourth-order valence-corrected chi connectivity index (χ4v) is 4.36. The van der Waals surface area contributed by atoms with Crippen LogP contribution in [0.4, 0.5) is 11.4 Å². The summed E-state index contributed by atoms with van der Waals surface area (Å²) in [5.41, 5.74) is 1.97. The van der Waals surface area contributed by atoms with E-state index < -0.39 is 15.9 Å². The topological polar surface area (TPSA) is 95.6 Å². The Labute approximate surface area is 170 Å². The second-order valence-electron chi connectivity index (χ2n) is 6.59. The van der Waals surface area contributed by atoms with Crippen LogP contribution >= 0.6 is 0 Å². The number of benzene rings is 2. The highest BCUT2D eigenvalue weighted by molar-refractivity contribution is 7.92. The summed E-state index contributed by atoms with van der Waals surface area (Å²) in [4.78, 5) is 26.1. The Morgan fingerprint density at radius 1 is 1.21 bits per heavy atom. The van der Waals surface area contributed by atoms with E-state index in [1.165, 1.54) is 12.1 Å². The summed E-state index contributed by atoms with van der Waals surface area (Å²) < 4.78 is 28.3. The molecular weight excluding hydrogens is 390 g/mol. The third kappa shape index (κ3) is 4.32. The Kier molecular flexibility index (Phi) is 6.03. The van der Waals surface area contributed by atoms with Crippen LogP contribution < -0.4 is 14.9 Å². The first-order valence-corrected chi connectivity index (χ1v) is 10.8. The van der Waals surface area contributed by atoms with E-state index in [0.29, 0.717) is 19.4 Å². The molecule has 1 heterocycles. The predicted molar refractivity (Wildman–Crippen MR) is 113 cm³/mol. The maximum atomic E-state index is 12.9. The number of hydrogen-bond acceptors (Lipinski definition) is 4.